The Morgan fingerprint density at radius 2 is 2.25 bits per heavy atom. The first-order valence-corrected chi connectivity index (χ1v) is 8.12. The van der Waals surface area contributed by atoms with Crippen molar-refractivity contribution in [3.05, 3.63) is 0 Å². The second-order valence-electron chi connectivity index (χ2n) is 5.16. The fraction of sp³-hybridized carbons (Fsp3) is 0.769. The van der Waals surface area contributed by atoms with Crippen molar-refractivity contribution < 1.29 is 9.90 Å². The van der Waals surface area contributed by atoms with Gasteiger partial charge in [0.15, 0.2) is 5.16 Å². The van der Waals surface area contributed by atoms with E-state index in [9.17, 15) is 4.79 Å². The van der Waals surface area contributed by atoms with Gasteiger partial charge in [-0.15, -0.1) is 10.2 Å². The maximum Gasteiger partial charge on any atom is 0.313 e. The predicted molar refractivity (Wildman–Crippen MR) is 79.3 cm³/mol. The number of rotatable bonds is 6. The summed E-state index contributed by atoms with van der Waals surface area (Å²) < 4.78 is 1.92. The third kappa shape index (κ3) is 3.45. The lowest BCUT2D eigenvalue weighted by atomic mass is 9.99. The standard InChI is InChI=1S/C13H22N4O2S/c1-3-6-10-7-4-5-8-17(10)12-14-15-13(16(12)2)20-9-11(18)19/h10H,3-9H2,1-2H3,(H,18,19). The van der Waals surface area contributed by atoms with Gasteiger partial charge < -0.3 is 10.0 Å². The Balaban J connectivity index is 2.12. The van der Waals surface area contributed by atoms with Gasteiger partial charge in [-0.1, -0.05) is 25.1 Å². The van der Waals surface area contributed by atoms with Crippen molar-refractivity contribution in [2.24, 2.45) is 7.05 Å². The van der Waals surface area contributed by atoms with Crippen LogP contribution in [0.2, 0.25) is 0 Å². The average molecular weight is 298 g/mol. The first kappa shape index (κ1) is 15.2. The van der Waals surface area contributed by atoms with E-state index in [0.29, 0.717) is 11.2 Å². The molecule has 1 aliphatic rings. The highest BCUT2D eigenvalue weighted by Crippen LogP contribution is 2.28. The Kier molecular flexibility index (Phi) is 5.28. The van der Waals surface area contributed by atoms with Crippen LogP contribution >= 0.6 is 11.8 Å². The van der Waals surface area contributed by atoms with Crippen LogP contribution in [0.25, 0.3) is 0 Å². The van der Waals surface area contributed by atoms with Gasteiger partial charge in [0.05, 0.1) is 5.75 Å². The molecule has 1 atom stereocenters. The number of nitrogens with zero attached hydrogens (tertiary/aromatic N) is 4. The molecule has 1 aromatic rings. The van der Waals surface area contributed by atoms with Crippen molar-refractivity contribution in [2.45, 2.75) is 50.2 Å². The third-order valence-electron chi connectivity index (χ3n) is 3.64. The SMILES string of the molecule is CCCC1CCCCN1c1nnc(SCC(=O)O)n1C. The molecule has 0 aromatic carbocycles. The molecular formula is C13H22N4O2S. The van der Waals surface area contributed by atoms with Gasteiger partial charge in [-0.3, -0.25) is 9.36 Å². The minimum atomic E-state index is -0.832. The van der Waals surface area contributed by atoms with Crippen LogP contribution < -0.4 is 4.90 Å². The van der Waals surface area contributed by atoms with Crippen LogP contribution in [0, 0.1) is 0 Å². The van der Waals surface area contributed by atoms with E-state index in [4.69, 9.17) is 5.11 Å². The molecule has 1 aromatic heterocycles. The highest BCUT2D eigenvalue weighted by molar-refractivity contribution is 7.99. The van der Waals surface area contributed by atoms with Crippen molar-refractivity contribution in [1.29, 1.82) is 0 Å². The summed E-state index contributed by atoms with van der Waals surface area (Å²) in [6.07, 6.45) is 6.01. The molecule has 20 heavy (non-hydrogen) atoms. The molecule has 0 radical (unpaired) electrons. The van der Waals surface area contributed by atoms with Gasteiger partial charge in [-0.05, 0) is 25.7 Å². The summed E-state index contributed by atoms with van der Waals surface area (Å²) in [6, 6.07) is 0.536. The van der Waals surface area contributed by atoms with Crippen LogP contribution in [-0.2, 0) is 11.8 Å². The monoisotopic (exact) mass is 298 g/mol. The van der Waals surface area contributed by atoms with Crippen LogP contribution in [0.15, 0.2) is 5.16 Å². The van der Waals surface area contributed by atoms with Crippen molar-refractivity contribution in [3.8, 4) is 0 Å². The van der Waals surface area contributed by atoms with Crippen LogP contribution in [0.1, 0.15) is 39.0 Å². The van der Waals surface area contributed by atoms with Crippen LogP contribution in [-0.4, -0.2) is 44.2 Å². The lowest BCUT2D eigenvalue weighted by molar-refractivity contribution is -0.133. The summed E-state index contributed by atoms with van der Waals surface area (Å²) in [6.45, 7) is 3.22. The summed E-state index contributed by atoms with van der Waals surface area (Å²) in [7, 11) is 1.91. The average Bonchev–Trinajstić information content (AvgIpc) is 2.79. The fourth-order valence-electron chi connectivity index (χ4n) is 2.71. The molecule has 1 N–H and O–H groups in total. The number of aromatic nitrogens is 3. The van der Waals surface area contributed by atoms with Gasteiger partial charge in [0.1, 0.15) is 0 Å². The largest absolute Gasteiger partial charge is 0.481 e. The van der Waals surface area contributed by atoms with E-state index in [1.165, 1.54) is 43.9 Å². The number of hydrogen-bond acceptors (Lipinski definition) is 5. The Morgan fingerprint density at radius 1 is 1.45 bits per heavy atom. The molecule has 2 rings (SSSR count). The van der Waals surface area contributed by atoms with Crippen molar-refractivity contribution >= 4 is 23.7 Å². The quantitative estimate of drug-likeness (QED) is 0.811. The zero-order valence-electron chi connectivity index (χ0n) is 12.1. The van der Waals surface area contributed by atoms with Gasteiger partial charge in [0.2, 0.25) is 5.95 Å². The van der Waals surface area contributed by atoms with E-state index >= 15 is 0 Å². The molecule has 0 spiro atoms. The molecule has 1 aliphatic heterocycles. The number of carboxylic acid groups (broad SMARTS) is 1. The number of carbonyl (C=O) groups is 1. The van der Waals surface area contributed by atoms with E-state index in [2.05, 4.69) is 22.0 Å². The van der Waals surface area contributed by atoms with Crippen LogP contribution in [0.5, 0.6) is 0 Å². The highest BCUT2D eigenvalue weighted by Gasteiger charge is 2.26. The molecule has 112 valence electrons. The van der Waals surface area contributed by atoms with Crippen molar-refractivity contribution in [3.63, 3.8) is 0 Å². The number of thioether (sulfide) groups is 1. The first-order valence-electron chi connectivity index (χ1n) is 7.14. The maximum absolute atomic E-state index is 10.6. The second kappa shape index (κ2) is 6.97. The lowest BCUT2D eigenvalue weighted by Crippen LogP contribution is -2.41. The summed E-state index contributed by atoms with van der Waals surface area (Å²) >= 11 is 1.22. The Labute approximate surface area is 123 Å². The Bertz CT molecular complexity index is 461. The number of aliphatic carboxylic acids is 1. The second-order valence-corrected chi connectivity index (χ2v) is 6.10. The lowest BCUT2D eigenvalue weighted by Gasteiger charge is -2.36. The van der Waals surface area contributed by atoms with Crippen LogP contribution in [0.4, 0.5) is 5.95 Å². The van der Waals surface area contributed by atoms with E-state index < -0.39 is 5.97 Å². The molecular weight excluding hydrogens is 276 g/mol. The van der Waals surface area contributed by atoms with E-state index in [1.807, 2.05) is 11.6 Å². The predicted octanol–water partition coefficient (Wildman–Crippen LogP) is 2.15. The van der Waals surface area contributed by atoms with Gasteiger partial charge >= 0.3 is 5.97 Å². The molecule has 0 aliphatic carbocycles. The van der Waals surface area contributed by atoms with Crippen molar-refractivity contribution in [1.82, 2.24) is 14.8 Å². The Morgan fingerprint density at radius 3 is 2.95 bits per heavy atom. The van der Waals surface area contributed by atoms with E-state index in [0.717, 1.165) is 12.5 Å². The summed E-state index contributed by atoms with van der Waals surface area (Å²) in [5.74, 6) is 0.0575. The topological polar surface area (TPSA) is 71.2 Å². The van der Waals surface area contributed by atoms with Crippen LogP contribution in [0.3, 0.4) is 0 Å². The molecule has 1 unspecified atom stereocenters. The minimum absolute atomic E-state index is 0.0182. The maximum atomic E-state index is 10.6. The molecule has 0 amide bonds. The van der Waals surface area contributed by atoms with Crippen molar-refractivity contribution in [2.75, 3.05) is 17.2 Å². The summed E-state index contributed by atoms with van der Waals surface area (Å²) in [4.78, 5) is 13.0. The third-order valence-corrected chi connectivity index (χ3v) is 4.65. The first-order chi connectivity index (χ1) is 9.63. The molecule has 7 heteroatoms. The van der Waals surface area contributed by atoms with Gasteiger partial charge in [-0.2, -0.15) is 0 Å². The minimum Gasteiger partial charge on any atom is -0.481 e. The zero-order chi connectivity index (χ0) is 14.5. The smallest absolute Gasteiger partial charge is 0.313 e. The molecule has 0 saturated carbocycles. The Hall–Kier alpha value is -1.24. The zero-order valence-corrected chi connectivity index (χ0v) is 12.9. The normalized spacial score (nSPS) is 19.3. The summed E-state index contributed by atoms with van der Waals surface area (Å²) in [5, 5.41) is 17.8. The van der Waals surface area contributed by atoms with E-state index in [-0.39, 0.29) is 5.75 Å². The summed E-state index contributed by atoms with van der Waals surface area (Å²) in [5.41, 5.74) is 0. The molecule has 1 saturated heterocycles. The van der Waals surface area contributed by atoms with Gasteiger partial charge in [-0.25, -0.2) is 0 Å². The molecule has 0 bridgehead atoms. The number of anilines is 1. The number of piperidine rings is 1. The molecule has 2 heterocycles. The van der Waals surface area contributed by atoms with Gasteiger partial charge in [0, 0.05) is 19.6 Å². The fourth-order valence-corrected chi connectivity index (χ4v) is 3.33. The number of carboxylic acids is 1. The number of hydrogen-bond donors (Lipinski definition) is 1. The highest BCUT2D eigenvalue weighted by atomic mass is 32.2. The van der Waals surface area contributed by atoms with E-state index in [1.54, 1.807) is 0 Å². The molecule has 6 nitrogen and oxygen atoms in total. The molecule has 1 fully saturated rings. The van der Waals surface area contributed by atoms with Gasteiger partial charge in [0.25, 0.3) is 0 Å².